The number of nitrogens with zero attached hydrogens (tertiary/aromatic N) is 3. The minimum absolute atomic E-state index is 0.759. The van der Waals surface area contributed by atoms with Crippen LogP contribution in [0, 0.1) is 0 Å². The molecule has 0 spiro atoms. The molecule has 0 amide bonds. The average molecular weight is 234 g/mol. The van der Waals surface area contributed by atoms with Crippen molar-refractivity contribution in [2.24, 2.45) is 0 Å². The lowest BCUT2D eigenvalue weighted by atomic mass is 10.3. The fourth-order valence-corrected chi connectivity index (χ4v) is 1.68. The van der Waals surface area contributed by atoms with Crippen molar-refractivity contribution in [2.75, 3.05) is 26.3 Å². The number of rotatable bonds is 7. The normalized spacial score (nSPS) is 11.1. The van der Waals surface area contributed by atoms with Crippen molar-refractivity contribution in [1.29, 1.82) is 0 Å². The second-order valence-electron chi connectivity index (χ2n) is 3.75. The topological polar surface area (TPSA) is 52.0 Å². The van der Waals surface area contributed by atoms with Crippen molar-refractivity contribution in [1.82, 2.24) is 20.3 Å². The number of benzene rings is 1. The molecule has 0 saturated carbocycles. The van der Waals surface area contributed by atoms with Gasteiger partial charge in [-0.15, -0.1) is 5.10 Å². The van der Waals surface area contributed by atoms with Crippen molar-refractivity contribution in [3.63, 3.8) is 0 Å². The Labute approximate surface area is 101 Å². The van der Waals surface area contributed by atoms with Gasteiger partial charge in [0.05, 0.1) is 18.7 Å². The summed E-state index contributed by atoms with van der Waals surface area (Å²) in [6.45, 7) is 6.11. The zero-order valence-corrected chi connectivity index (χ0v) is 10.1. The van der Waals surface area contributed by atoms with Crippen LogP contribution in [0.5, 0.6) is 0 Å². The number of nitrogens with one attached hydrogen (secondary N) is 1. The summed E-state index contributed by atoms with van der Waals surface area (Å²) in [5, 5.41) is 11.5. The van der Waals surface area contributed by atoms with Crippen LogP contribution in [0.25, 0.3) is 11.0 Å². The van der Waals surface area contributed by atoms with E-state index in [1.54, 1.807) is 0 Å². The summed E-state index contributed by atoms with van der Waals surface area (Å²) in [4.78, 5) is 0. The van der Waals surface area contributed by atoms with E-state index in [1.807, 2.05) is 35.9 Å². The van der Waals surface area contributed by atoms with E-state index in [2.05, 4.69) is 15.6 Å². The van der Waals surface area contributed by atoms with Crippen molar-refractivity contribution >= 4 is 11.0 Å². The monoisotopic (exact) mass is 234 g/mol. The van der Waals surface area contributed by atoms with Gasteiger partial charge in [-0.25, -0.2) is 4.68 Å². The first-order valence-corrected chi connectivity index (χ1v) is 5.98. The van der Waals surface area contributed by atoms with Crippen molar-refractivity contribution in [3.8, 4) is 0 Å². The first-order valence-electron chi connectivity index (χ1n) is 5.98. The lowest BCUT2D eigenvalue weighted by molar-refractivity contribution is 0.149. The molecule has 0 bridgehead atoms. The molecule has 1 aromatic carbocycles. The molecule has 0 fully saturated rings. The Bertz CT molecular complexity index is 454. The smallest absolute Gasteiger partial charge is 0.113 e. The average Bonchev–Trinajstić information content (AvgIpc) is 2.77. The summed E-state index contributed by atoms with van der Waals surface area (Å²) < 4.78 is 7.16. The van der Waals surface area contributed by atoms with Gasteiger partial charge in [0.25, 0.3) is 0 Å². The minimum atomic E-state index is 0.759. The lowest BCUT2D eigenvalue weighted by Gasteiger charge is -2.05. The Hall–Kier alpha value is -1.46. The Morgan fingerprint density at radius 2 is 2.18 bits per heavy atom. The number of fused-ring (bicyclic) bond motifs is 1. The second kappa shape index (κ2) is 6.32. The predicted molar refractivity (Wildman–Crippen MR) is 66.9 cm³/mol. The van der Waals surface area contributed by atoms with E-state index in [4.69, 9.17) is 4.74 Å². The highest BCUT2D eigenvalue weighted by Gasteiger charge is 2.01. The molecule has 0 saturated heterocycles. The zero-order valence-electron chi connectivity index (χ0n) is 10.1. The predicted octanol–water partition coefficient (Wildman–Crippen LogP) is 1.06. The number of ether oxygens (including phenoxy) is 1. The summed E-state index contributed by atoms with van der Waals surface area (Å²) >= 11 is 0. The molecule has 1 heterocycles. The van der Waals surface area contributed by atoms with Gasteiger partial charge in [-0.2, -0.15) is 0 Å². The number of hydrogen-bond donors (Lipinski definition) is 1. The molecule has 0 radical (unpaired) electrons. The maximum absolute atomic E-state index is 5.24. The van der Waals surface area contributed by atoms with E-state index in [0.29, 0.717) is 0 Å². The molecule has 1 N–H and O–H groups in total. The molecule has 0 aliphatic carbocycles. The van der Waals surface area contributed by atoms with E-state index in [0.717, 1.165) is 43.9 Å². The van der Waals surface area contributed by atoms with Crippen molar-refractivity contribution < 1.29 is 4.74 Å². The maximum Gasteiger partial charge on any atom is 0.113 e. The van der Waals surface area contributed by atoms with Crippen LogP contribution < -0.4 is 5.32 Å². The van der Waals surface area contributed by atoms with Crippen LogP contribution in [0.15, 0.2) is 24.3 Å². The molecule has 5 nitrogen and oxygen atoms in total. The quantitative estimate of drug-likeness (QED) is 0.728. The molecular formula is C12H18N4O. The standard InChI is InChI=1S/C12H18N4O/c1-2-17-10-8-13-7-9-16-12-6-4-3-5-11(12)14-15-16/h3-6,13H,2,7-10H2,1H3. The van der Waals surface area contributed by atoms with Gasteiger partial charge in [-0.3, -0.25) is 0 Å². The van der Waals surface area contributed by atoms with Crippen LogP contribution in [0.1, 0.15) is 6.92 Å². The number of aromatic nitrogens is 3. The van der Waals surface area contributed by atoms with Crippen LogP contribution in [-0.2, 0) is 11.3 Å². The Morgan fingerprint density at radius 3 is 3.06 bits per heavy atom. The molecule has 2 aromatic rings. The van der Waals surface area contributed by atoms with Gasteiger partial charge in [-0.05, 0) is 19.1 Å². The molecule has 0 aliphatic rings. The molecular weight excluding hydrogens is 216 g/mol. The maximum atomic E-state index is 5.24. The summed E-state index contributed by atoms with van der Waals surface area (Å²) in [6.07, 6.45) is 0. The largest absolute Gasteiger partial charge is 0.380 e. The van der Waals surface area contributed by atoms with Crippen LogP contribution in [0.2, 0.25) is 0 Å². The van der Waals surface area contributed by atoms with E-state index < -0.39 is 0 Å². The van der Waals surface area contributed by atoms with E-state index >= 15 is 0 Å². The third-order valence-electron chi connectivity index (χ3n) is 2.55. The van der Waals surface area contributed by atoms with Gasteiger partial charge in [0.2, 0.25) is 0 Å². The molecule has 5 heteroatoms. The van der Waals surface area contributed by atoms with Gasteiger partial charge in [0, 0.05) is 19.7 Å². The third-order valence-corrected chi connectivity index (χ3v) is 2.55. The Balaban J connectivity index is 1.79. The molecule has 2 rings (SSSR count). The van der Waals surface area contributed by atoms with Crippen LogP contribution in [0.4, 0.5) is 0 Å². The molecule has 17 heavy (non-hydrogen) atoms. The van der Waals surface area contributed by atoms with E-state index in [1.165, 1.54) is 0 Å². The van der Waals surface area contributed by atoms with Crippen LogP contribution in [-0.4, -0.2) is 41.3 Å². The third kappa shape index (κ3) is 3.25. The lowest BCUT2D eigenvalue weighted by Crippen LogP contribution is -2.24. The highest BCUT2D eigenvalue weighted by molar-refractivity contribution is 5.73. The Morgan fingerprint density at radius 1 is 1.29 bits per heavy atom. The van der Waals surface area contributed by atoms with Crippen molar-refractivity contribution in [2.45, 2.75) is 13.5 Å². The summed E-state index contributed by atoms with van der Waals surface area (Å²) in [6, 6.07) is 7.99. The van der Waals surface area contributed by atoms with Crippen LogP contribution >= 0.6 is 0 Å². The van der Waals surface area contributed by atoms with Gasteiger partial charge in [0.1, 0.15) is 5.52 Å². The second-order valence-corrected chi connectivity index (χ2v) is 3.75. The first-order chi connectivity index (χ1) is 8.42. The summed E-state index contributed by atoms with van der Waals surface area (Å²) in [5.41, 5.74) is 2.03. The van der Waals surface area contributed by atoms with Crippen molar-refractivity contribution in [3.05, 3.63) is 24.3 Å². The van der Waals surface area contributed by atoms with E-state index in [-0.39, 0.29) is 0 Å². The number of para-hydroxylation sites is 1. The fraction of sp³-hybridized carbons (Fsp3) is 0.500. The highest BCUT2D eigenvalue weighted by atomic mass is 16.5. The SMILES string of the molecule is CCOCCNCCn1nnc2ccccc21. The Kier molecular flexibility index (Phi) is 4.46. The highest BCUT2D eigenvalue weighted by Crippen LogP contribution is 2.08. The first kappa shape index (κ1) is 12.0. The van der Waals surface area contributed by atoms with E-state index in [9.17, 15) is 0 Å². The summed E-state index contributed by atoms with van der Waals surface area (Å²) in [5.74, 6) is 0. The molecule has 0 atom stereocenters. The molecule has 1 aromatic heterocycles. The van der Waals surface area contributed by atoms with Gasteiger partial charge >= 0.3 is 0 Å². The summed E-state index contributed by atoms with van der Waals surface area (Å²) in [7, 11) is 0. The molecule has 92 valence electrons. The molecule has 0 aliphatic heterocycles. The fourth-order valence-electron chi connectivity index (χ4n) is 1.68. The molecule has 0 unspecified atom stereocenters. The van der Waals surface area contributed by atoms with Gasteiger partial charge < -0.3 is 10.1 Å². The number of hydrogen-bond acceptors (Lipinski definition) is 4. The minimum Gasteiger partial charge on any atom is -0.380 e. The van der Waals surface area contributed by atoms with Gasteiger partial charge in [-0.1, -0.05) is 17.3 Å². The van der Waals surface area contributed by atoms with Gasteiger partial charge in [0.15, 0.2) is 0 Å². The van der Waals surface area contributed by atoms with Crippen LogP contribution in [0.3, 0.4) is 0 Å². The zero-order chi connectivity index (χ0) is 11.9.